The Morgan fingerprint density at radius 3 is 2.11 bits per heavy atom. The van der Waals surface area contributed by atoms with Crippen molar-refractivity contribution in [3.8, 4) is 5.75 Å². The molecule has 0 spiro atoms. The minimum atomic E-state index is -0.0460. The number of hydrogen-bond donors (Lipinski definition) is 1. The second kappa shape index (κ2) is 12.5. The van der Waals surface area contributed by atoms with Gasteiger partial charge >= 0.3 is 29.6 Å². The SMILES string of the molecule is O=c1ccc(C(c2ccccc2)c2ccccc2)nn1CC1CCCCC1Cc1cccc(O)c1.[H-].[Na+]. The number of phenolic OH excluding ortho intramolecular Hbond substituents is 1. The van der Waals surface area contributed by atoms with Gasteiger partial charge in [0.05, 0.1) is 11.6 Å². The van der Waals surface area contributed by atoms with Crippen molar-refractivity contribution in [2.75, 3.05) is 0 Å². The number of benzene rings is 3. The molecule has 36 heavy (non-hydrogen) atoms. The molecule has 0 amide bonds. The first kappa shape index (κ1) is 26.4. The maximum absolute atomic E-state index is 12.9. The Labute approximate surface area is 236 Å². The van der Waals surface area contributed by atoms with Crippen LogP contribution in [0.2, 0.25) is 0 Å². The van der Waals surface area contributed by atoms with E-state index in [2.05, 4.69) is 54.6 Å². The number of aromatic nitrogens is 2. The molecule has 2 unspecified atom stereocenters. The van der Waals surface area contributed by atoms with Crippen LogP contribution in [-0.4, -0.2) is 14.9 Å². The molecule has 1 aromatic heterocycles. The molecule has 4 nitrogen and oxygen atoms in total. The topological polar surface area (TPSA) is 55.1 Å². The molecule has 1 heterocycles. The normalized spacial score (nSPS) is 17.5. The average molecular weight is 489 g/mol. The molecular formula is C31H33N2NaO2. The first-order chi connectivity index (χ1) is 17.2. The van der Waals surface area contributed by atoms with Crippen LogP contribution in [0.1, 0.15) is 55.4 Å². The van der Waals surface area contributed by atoms with Crippen LogP contribution in [0.4, 0.5) is 0 Å². The van der Waals surface area contributed by atoms with Gasteiger partial charge in [0.1, 0.15) is 5.75 Å². The number of aromatic hydroxyl groups is 1. The van der Waals surface area contributed by atoms with Crippen molar-refractivity contribution >= 4 is 0 Å². The van der Waals surface area contributed by atoms with Crippen LogP contribution >= 0.6 is 0 Å². The van der Waals surface area contributed by atoms with Gasteiger partial charge in [0.25, 0.3) is 5.56 Å². The summed E-state index contributed by atoms with van der Waals surface area (Å²) in [7, 11) is 0. The van der Waals surface area contributed by atoms with Gasteiger partial charge in [-0.3, -0.25) is 4.79 Å². The Balaban J connectivity index is 0.00000190. The van der Waals surface area contributed by atoms with Gasteiger partial charge < -0.3 is 6.53 Å². The predicted molar refractivity (Wildman–Crippen MR) is 141 cm³/mol. The molecule has 0 saturated heterocycles. The zero-order valence-corrected chi connectivity index (χ0v) is 23.0. The summed E-state index contributed by atoms with van der Waals surface area (Å²) in [6.07, 6.45) is 5.57. The quantitative estimate of drug-likeness (QED) is 0.406. The van der Waals surface area contributed by atoms with Gasteiger partial charge in [0, 0.05) is 12.6 Å². The van der Waals surface area contributed by atoms with E-state index in [0.717, 1.165) is 41.6 Å². The smallest absolute Gasteiger partial charge is 1.00 e. The minimum Gasteiger partial charge on any atom is -1.00 e. The largest absolute Gasteiger partial charge is 1.00 e. The van der Waals surface area contributed by atoms with Gasteiger partial charge in [-0.05, 0) is 66.0 Å². The summed E-state index contributed by atoms with van der Waals surface area (Å²) in [5.74, 6) is 1.15. The third-order valence-corrected chi connectivity index (χ3v) is 7.33. The van der Waals surface area contributed by atoms with Crippen LogP contribution in [0.25, 0.3) is 0 Å². The van der Waals surface area contributed by atoms with Crippen molar-refractivity contribution in [2.24, 2.45) is 11.8 Å². The second-order valence-corrected chi connectivity index (χ2v) is 9.71. The van der Waals surface area contributed by atoms with Crippen molar-refractivity contribution in [1.82, 2.24) is 9.78 Å². The van der Waals surface area contributed by atoms with Crippen LogP contribution < -0.4 is 35.1 Å². The average Bonchev–Trinajstić information content (AvgIpc) is 2.89. The second-order valence-electron chi connectivity index (χ2n) is 9.71. The van der Waals surface area contributed by atoms with Gasteiger partial charge in [-0.25, -0.2) is 4.68 Å². The fourth-order valence-corrected chi connectivity index (χ4v) is 5.58. The molecule has 1 N–H and O–H groups in total. The Morgan fingerprint density at radius 1 is 0.833 bits per heavy atom. The molecule has 180 valence electrons. The molecule has 5 rings (SSSR count). The number of phenols is 1. The van der Waals surface area contributed by atoms with E-state index in [1.165, 1.54) is 12.8 Å². The standard InChI is InChI=1S/C31H32N2O2.Na.H/c34-28-17-9-10-23(21-28)20-26-15-7-8-16-27(26)22-33-30(35)19-18-29(32-33)31(24-11-3-1-4-12-24)25-13-5-2-6-14-25;;/h1-6,9-14,17-19,21,26-27,31,34H,7-8,15-16,20,22H2;;/q;+1;-1. The first-order valence-electron chi connectivity index (χ1n) is 12.6. The van der Waals surface area contributed by atoms with Crippen molar-refractivity contribution in [1.29, 1.82) is 0 Å². The van der Waals surface area contributed by atoms with E-state index in [1.807, 2.05) is 30.3 Å². The fraction of sp³-hybridized carbons (Fsp3) is 0.290. The van der Waals surface area contributed by atoms with E-state index < -0.39 is 0 Å². The fourth-order valence-electron chi connectivity index (χ4n) is 5.58. The van der Waals surface area contributed by atoms with Gasteiger partial charge in [-0.2, -0.15) is 5.10 Å². The van der Waals surface area contributed by atoms with Crippen LogP contribution in [0.3, 0.4) is 0 Å². The Morgan fingerprint density at radius 2 is 1.47 bits per heavy atom. The molecule has 5 heteroatoms. The zero-order chi connectivity index (χ0) is 24.0. The van der Waals surface area contributed by atoms with E-state index in [0.29, 0.717) is 24.1 Å². The van der Waals surface area contributed by atoms with Crippen molar-refractivity contribution in [2.45, 2.75) is 44.6 Å². The van der Waals surface area contributed by atoms with Gasteiger partial charge in [0.15, 0.2) is 0 Å². The minimum absolute atomic E-state index is 0. The van der Waals surface area contributed by atoms with Crippen molar-refractivity contribution in [3.63, 3.8) is 0 Å². The number of hydrogen-bond acceptors (Lipinski definition) is 3. The molecule has 0 radical (unpaired) electrons. The Bertz CT molecular complexity index is 1270. The summed E-state index contributed by atoms with van der Waals surface area (Å²) in [6.45, 7) is 0.631. The monoisotopic (exact) mass is 488 g/mol. The molecule has 3 aromatic carbocycles. The number of rotatable bonds is 7. The maximum atomic E-state index is 12.9. The van der Waals surface area contributed by atoms with Crippen LogP contribution in [0.15, 0.2) is 102 Å². The van der Waals surface area contributed by atoms with E-state index in [4.69, 9.17) is 5.10 Å². The van der Waals surface area contributed by atoms with E-state index in [9.17, 15) is 9.90 Å². The molecule has 0 bridgehead atoms. The third-order valence-electron chi connectivity index (χ3n) is 7.33. The summed E-state index contributed by atoms with van der Waals surface area (Å²) < 4.78 is 1.69. The summed E-state index contributed by atoms with van der Waals surface area (Å²) in [6, 6.07) is 31.9. The van der Waals surface area contributed by atoms with Crippen molar-refractivity contribution < 1.29 is 36.1 Å². The Hall–Kier alpha value is -2.66. The summed E-state index contributed by atoms with van der Waals surface area (Å²) in [5.41, 5.74) is 4.33. The maximum Gasteiger partial charge on any atom is 1.00 e. The van der Waals surface area contributed by atoms with Gasteiger partial charge in [-0.1, -0.05) is 85.6 Å². The molecule has 4 aromatic rings. The van der Waals surface area contributed by atoms with Crippen LogP contribution in [-0.2, 0) is 13.0 Å². The molecule has 1 aliphatic carbocycles. The zero-order valence-electron chi connectivity index (χ0n) is 22.0. The van der Waals surface area contributed by atoms with E-state index >= 15 is 0 Å². The van der Waals surface area contributed by atoms with Crippen molar-refractivity contribution in [3.05, 3.63) is 130 Å². The molecule has 2 atom stereocenters. The summed E-state index contributed by atoms with van der Waals surface area (Å²) in [5, 5.41) is 14.8. The Kier molecular flexibility index (Phi) is 9.19. The molecule has 1 fully saturated rings. The van der Waals surface area contributed by atoms with Gasteiger partial charge in [-0.15, -0.1) is 0 Å². The molecular weight excluding hydrogens is 455 g/mol. The summed E-state index contributed by atoms with van der Waals surface area (Å²) in [4.78, 5) is 12.9. The third kappa shape index (κ3) is 6.36. The molecule has 1 aliphatic rings. The van der Waals surface area contributed by atoms with Crippen LogP contribution in [0, 0.1) is 11.8 Å². The number of nitrogens with zero attached hydrogens (tertiary/aromatic N) is 2. The molecule has 1 saturated carbocycles. The molecule has 0 aliphatic heterocycles. The van der Waals surface area contributed by atoms with Gasteiger partial charge in [0.2, 0.25) is 0 Å². The van der Waals surface area contributed by atoms with E-state index in [-0.39, 0.29) is 42.5 Å². The first-order valence-corrected chi connectivity index (χ1v) is 12.6. The summed E-state index contributed by atoms with van der Waals surface area (Å²) >= 11 is 0. The van der Waals surface area contributed by atoms with Crippen LogP contribution in [0.5, 0.6) is 5.75 Å². The van der Waals surface area contributed by atoms with E-state index in [1.54, 1.807) is 16.8 Å². The predicted octanol–water partition coefficient (Wildman–Crippen LogP) is 3.29.